The van der Waals surface area contributed by atoms with Gasteiger partial charge in [-0.25, -0.2) is 4.39 Å². The largest absolute Gasteiger partial charge is 0.314 e. The van der Waals surface area contributed by atoms with Crippen molar-refractivity contribution in [1.29, 1.82) is 0 Å². The summed E-state index contributed by atoms with van der Waals surface area (Å²) in [5.41, 5.74) is 1.52. The van der Waals surface area contributed by atoms with E-state index in [1.807, 2.05) is 12.1 Å². The normalized spacial score (nSPS) is 15.4. The maximum atomic E-state index is 12.8. The predicted molar refractivity (Wildman–Crippen MR) is 76.2 cm³/mol. The molecular weight excluding hydrogens is 225 g/mol. The summed E-state index contributed by atoms with van der Waals surface area (Å²) in [5.74, 6) is 0.467. The van der Waals surface area contributed by atoms with Gasteiger partial charge in [0.25, 0.3) is 0 Å². The van der Waals surface area contributed by atoms with E-state index in [4.69, 9.17) is 0 Å². The van der Waals surface area contributed by atoms with Gasteiger partial charge >= 0.3 is 0 Å². The zero-order chi connectivity index (χ0) is 13.8. The van der Waals surface area contributed by atoms with Gasteiger partial charge in [-0.15, -0.1) is 0 Å². The Morgan fingerprint density at radius 2 is 1.67 bits per heavy atom. The number of rotatable bonds is 5. The molecule has 2 atom stereocenters. The fourth-order valence-corrected chi connectivity index (χ4v) is 1.73. The highest BCUT2D eigenvalue weighted by Gasteiger charge is 2.19. The molecule has 0 saturated carbocycles. The van der Waals surface area contributed by atoms with Crippen molar-refractivity contribution < 1.29 is 4.39 Å². The molecule has 0 aliphatic carbocycles. The van der Waals surface area contributed by atoms with Crippen LogP contribution in [0.1, 0.15) is 40.2 Å². The Morgan fingerprint density at radius 1 is 1.11 bits per heavy atom. The highest BCUT2D eigenvalue weighted by Crippen LogP contribution is 2.24. The monoisotopic (exact) mass is 251 g/mol. The lowest BCUT2D eigenvalue weighted by Gasteiger charge is -2.28. The van der Waals surface area contributed by atoms with E-state index in [2.05, 4.69) is 39.9 Å². The van der Waals surface area contributed by atoms with Gasteiger partial charge in [-0.05, 0) is 48.9 Å². The van der Waals surface area contributed by atoms with Crippen LogP contribution in [-0.4, -0.2) is 12.6 Å². The SMILES string of the molecule is CC(Cc1ccc(F)cc1)NCC(C)C(C)(C)C. The molecule has 1 rings (SSSR count). The molecule has 0 aliphatic heterocycles. The molecule has 0 aliphatic rings. The molecule has 1 aromatic carbocycles. The van der Waals surface area contributed by atoms with Gasteiger partial charge in [-0.3, -0.25) is 0 Å². The zero-order valence-corrected chi connectivity index (χ0v) is 12.3. The first-order chi connectivity index (χ1) is 8.29. The first kappa shape index (κ1) is 15.2. The molecule has 18 heavy (non-hydrogen) atoms. The van der Waals surface area contributed by atoms with Gasteiger partial charge in [-0.1, -0.05) is 39.8 Å². The average Bonchev–Trinajstić information content (AvgIpc) is 2.28. The topological polar surface area (TPSA) is 12.0 Å². The minimum atomic E-state index is -0.166. The fraction of sp³-hybridized carbons (Fsp3) is 0.625. The lowest BCUT2D eigenvalue weighted by Crippen LogP contribution is -2.36. The van der Waals surface area contributed by atoms with E-state index < -0.39 is 0 Å². The lowest BCUT2D eigenvalue weighted by atomic mass is 9.82. The summed E-state index contributed by atoms with van der Waals surface area (Å²) in [6.45, 7) is 12.3. The first-order valence-corrected chi connectivity index (χ1v) is 6.77. The number of nitrogens with one attached hydrogen (secondary N) is 1. The number of benzene rings is 1. The van der Waals surface area contributed by atoms with E-state index >= 15 is 0 Å². The summed E-state index contributed by atoms with van der Waals surface area (Å²) < 4.78 is 12.8. The summed E-state index contributed by atoms with van der Waals surface area (Å²) in [6.07, 6.45) is 0.942. The van der Waals surface area contributed by atoms with Crippen LogP contribution in [0, 0.1) is 17.2 Å². The van der Waals surface area contributed by atoms with Crippen LogP contribution in [0.25, 0.3) is 0 Å². The third kappa shape index (κ3) is 5.18. The highest BCUT2D eigenvalue weighted by molar-refractivity contribution is 5.16. The molecule has 102 valence electrons. The Bertz CT molecular complexity index is 350. The predicted octanol–water partition coefficient (Wildman–Crippen LogP) is 4.03. The van der Waals surface area contributed by atoms with Crippen molar-refractivity contribution in [2.75, 3.05) is 6.54 Å². The third-order valence-electron chi connectivity index (χ3n) is 3.71. The molecule has 1 nitrogen and oxygen atoms in total. The van der Waals surface area contributed by atoms with Crippen molar-refractivity contribution in [3.8, 4) is 0 Å². The van der Waals surface area contributed by atoms with Crippen LogP contribution in [0.5, 0.6) is 0 Å². The first-order valence-electron chi connectivity index (χ1n) is 6.77. The molecule has 0 heterocycles. The van der Waals surface area contributed by atoms with Gasteiger partial charge in [0.15, 0.2) is 0 Å². The molecule has 0 fully saturated rings. The lowest BCUT2D eigenvalue weighted by molar-refractivity contribution is 0.246. The molecular formula is C16H26FN. The standard InChI is InChI=1S/C16H26FN/c1-12(16(3,4)5)11-18-13(2)10-14-6-8-15(17)9-7-14/h6-9,12-13,18H,10-11H2,1-5H3. The van der Waals surface area contributed by atoms with Crippen LogP contribution in [0.3, 0.4) is 0 Å². The second kappa shape index (κ2) is 6.33. The summed E-state index contributed by atoms with van der Waals surface area (Å²) in [7, 11) is 0. The second-order valence-corrected chi connectivity index (χ2v) is 6.41. The second-order valence-electron chi connectivity index (χ2n) is 6.41. The van der Waals surface area contributed by atoms with Crippen LogP contribution < -0.4 is 5.32 Å². The van der Waals surface area contributed by atoms with Crippen molar-refractivity contribution in [3.05, 3.63) is 35.6 Å². The minimum absolute atomic E-state index is 0.166. The quantitative estimate of drug-likeness (QED) is 0.833. The van der Waals surface area contributed by atoms with Gasteiger partial charge in [0, 0.05) is 6.04 Å². The van der Waals surface area contributed by atoms with Gasteiger partial charge in [0.2, 0.25) is 0 Å². The van der Waals surface area contributed by atoms with Gasteiger partial charge in [0.1, 0.15) is 5.82 Å². The Morgan fingerprint density at radius 3 is 2.17 bits per heavy atom. The molecule has 0 spiro atoms. The van der Waals surface area contributed by atoms with Crippen LogP contribution in [0.4, 0.5) is 4.39 Å². The fourth-order valence-electron chi connectivity index (χ4n) is 1.73. The summed E-state index contributed by atoms with van der Waals surface area (Å²) in [4.78, 5) is 0. The van der Waals surface area contributed by atoms with E-state index in [0.29, 0.717) is 17.4 Å². The summed E-state index contributed by atoms with van der Waals surface area (Å²) in [6, 6.07) is 7.20. The smallest absolute Gasteiger partial charge is 0.123 e. The third-order valence-corrected chi connectivity index (χ3v) is 3.71. The number of hydrogen-bond acceptors (Lipinski definition) is 1. The van der Waals surface area contributed by atoms with Crippen molar-refractivity contribution in [2.45, 2.75) is 47.1 Å². The van der Waals surface area contributed by atoms with E-state index in [1.54, 1.807) is 0 Å². The Kier molecular flexibility index (Phi) is 5.33. The van der Waals surface area contributed by atoms with E-state index in [1.165, 1.54) is 17.7 Å². The van der Waals surface area contributed by atoms with E-state index in [9.17, 15) is 4.39 Å². The van der Waals surface area contributed by atoms with Crippen LogP contribution in [-0.2, 0) is 6.42 Å². The molecule has 0 saturated heterocycles. The molecule has 2 unspecified atom stereocenters. The van der Waals surface area contributed by atoms with Crippen molar-refractivity contribution in [3.63, 3.8) is 0 Å². The average molecular weight is 251 g/mol. The van der Waals surface area contributed by atoms with E-state index in [-0.39, 0.29) is 5.82 Å². The molecule has 0 bridgehead atoms. The zero-order valence-electron chi connectivity index (χ0n) is 12.3. The number of halogens is 1. The minimum Gasteiger partial charge on any atom is -0.314 e. The molecule has 1 N–H and O–H groups in total. The molecule has 2 heteroatoms. The van der Waals surface area contributed by atoms with Crippen molar-refractivity contribution in [2.24, 2.45) is 11.3 Å². The maximum absolute atomic E-state index is 12.8. The summed E-state index contributed by atoms with van der Waals surface area (Å²) >= 11 is 0. The maximum Gasteiger partial charge on any atom is 0.123 e. The Hall–Kier alpha value is -0.890. The van der Waals surface area contributed by atoms with Crippen molar-refractivity contribution in [1.82, 2.24) is 5.32 Å². The van der Waals surface area contributed by atoms with Gasteiger partial charge in [-0.2, -0.15) is 0 Å². The van der Waals surface area contributed by atoms with E-state index in [0.717, 1.165) is 13.0 Å². The number of hydrogen-bond donors (Lipinski definition) is 1. The molecule has 0 amide bonds. The van der Waals surface area contributed by atoms with Gasteiger partial charge in [0.05, 0.1) is 0 Å². The van der Waals surface area contributed by atoms with Crippen molar-refractivity contribution >= 4 is 0 Å². The van der Waals surface area contributed by atoms with Crippen LogP contribution in [0.15, 0.2) is 24.3 Å². The Labute approximate surface area is 111 Å². The Balaban J connectivity index is 2.38. The van der Waals surface area contributed by atoms with Gasteiger partial charge < -0.3 is 5.32 Å². The van der Waals surface area contributed by atoms with Crippen LogP contribution >= 0.6 is 0 Å². The molecule has 0 radical (unpaired) electrons. The molecule has 1 aromatic rings. The van der Waals surface area contributed by atoms with Crippen LogP contribution in [0.2, 0.25) is 0 Å². The highest BCUT2D eigenvalue weighted by atomic mass is 19.1. The summed E-state index contributed by atoms with van der Waals surface area (Å²) in [5, 5.41) is 3.56. The molecule has 0 aromatic heterocycles.